The summed E-state index contributed by atoms with van der Waals surface area (Å²) in [4.78, 5) is 22.9. The first-order chi connectivity index (χ1) is 10.5. The average molecular weight is 305 g/mol. The fourth-order valence-corrected chi connectivity index (χ4v) is 2.14. The molecule has 0 aromatic heterocycles. The highest BCUT2D eigenvalue weighted by atomic mass is 16.6. The molecular formula is C11H11N7O4. The van der Waals surface area contributed by atoms with Gasteiger partial charge in [-0.3, -0.25) is 25.7 Å². The van der Waals surface area contributed by atoms with Crippen molar-refractivity contribution in [3.05, 3.63) is 48.9 Å². The number of non-ortho nitro benzene ring substituents is 1. The van der Waals surface area contributed by atoms with E-state index in [1.165, 1.54) is 6.07 Å². The van der Waals surface area contributed by atoms with E-state index in [0.717, 1.165) is 18.6 Å². The molecule has 0 bridgehead atoms. The minimum absolute atomic E-state index is 0.0367. The normalized spacial score (nSPS) is 18.7. The molecule has 22 heavy (non-hydrogen) atoms. The van der Waals surface area contributed by atoms with E-state index in [2.05, 4.69) is 20.6 Å². The molecule has 114 valence electrons. The highest BCUT2D eigenvalue weighted by Gasteiger charge is 2.23. The molecule has 2 rings (SSSR count). The fourth-order valence-electron chi connectivity index (χ4n) is 2.14. The van der Waals surface area contributed by atoms with Gasteiger partial charge in [0, 0.05) is 16.7 Å². The van der Waals surface area contributed by atoms with Crippen molar-refractivity contribution in [1.82, 2.24) is 0 Å². The van der Waals surface area contributed by atoms with Crippen molar-refractivity contribution < 1.29 is 9.85 Å². The third-order valence-electron chi connectivity index (χ3n) is 3.19. The van der Waals surface area contributed by atoms with E-state index in [0.29, 0.717) is 18.6 Å². The number of rotatable bonds is 5. The summed E-state index contributed by atoms with van der Waals surface area (Å²) < 4.78 is 0. The molecule has 1 atom stereocenters. The van der Waals surface area contributed by atoms with E-state index in [-0.39, 0.29) is 17.4 Å². The molecule has 0 unspecified atom stereocenters. The zero-order valence-electron chi connectivity index (χ0n) is 11.2. The first-order valence-electron chi connectivity index (χ1n) is 6.32. The third kappa shape index (κ3) is 3.27. The van der Waals surface area contributed by atoms with Crippen LogP contribution in [-0.4, -0.2) is 21.6 Å². The van der Waals surface area contributed by atoms with Crippen LogP contribution in [0.15, 0.2) is 28.4 Å². The molecular weight excluding hydrogens is 294 g/mol. The summed E-state index contributed by atoms with van der Waals surface area (Å²) in [6, 6.07) is 2.87. The lowest BCUT2D eigenvalue weighted by Crippen LogP contribution is -2.12. The smallest absolute Gasteiger partial charge is 0.272 e. The van der Waals surface area contributed by atoms with Crippen LogP contribution >= 0.6 is 0 Å². The summed E-state index contributed by atoms with van der Waals surface area (Å²) >= 11 is 0. The van der Waals surface area contributed by atoms with Crippen LogP contribution in [0.1, 0.15) is 19.3 Å². The predicted molar refractivity (Wildman–Crippen MR) is 77.6 cm³/mol. The number of hydrogen-bond donors (Lipinski definition) is 1. The monoisotopic (exact) mass is 305 g/mol. The van der Waals surface area contributed by atoms with Crippen LogP contribution < -0.4 is 5.43 Å². The van der Waals surface area contributed by atoms with Crippen LogP contribution in [0.2, 0.25) is 0 Å². The maximum Gasteiger partial charge on any atom is 0.301 e. The van der Waals surface area contributed by atoms with Crippen molar-refractivity contribution >= 4 is 22.8 Å². The lowest BCUT2D eigenvalue weighted by atomic mass is 10.2. The van der Waals surface area contributed by atoms with Gasteiger partial charge in [0.25, 0.3) is 5.69 Å². The zero-order chi connectivity index (χ0) is 16.1. The van der Waals surface area contributed by atoms with E-state index in [9.17, 15) is 20.2 Å². The second-order valence-corrected chi connectivity index (χ2v) is 4.54. The predicted octanol–water partition coefficient (Wildman–Crippen LogP) is 3.13. The highest BCUT2D eigenvalue weighted by molar-refractivity contribution is 5.92. The van der Waals surface area contributed by atoms with Gasteiger partial charge in [-0.2, -0.15) is 5.10 Å². The Morgan fingerprint density at radius 3 is 2.73 bits per heavy atom. The van der Waals surface area contributed by atoms with Crippen molar-refractivity contribution in [3.8, 4) is 0 Å². The summed E-state index contributed by atoms with van der Waals surface area (Å²) in [5, 5.41) is 29.3. The van der Waals surface area contributed by atoms with Crippen molar-refractivity contribution in [2.24, 2.45) is 10.2 Å². The summed E-state index contributed by atoms with van der Waals surface area (Å²) in [5.74, 6) is 0. The number of hydrazone groups is 1. The number of nitrogens with one attached hydrogen (secondary N) is 1. The Bertz CT molecular complexity index is 696. The van der Waals surface area contributed by atoms with Gasteiger partial charge in [-0.1, -0.05) is 5.11 Å². The van der Waals surface area contributed by atoms with Crippen molar-refractivity contribution in [2.75, 3.05) is 5.43 Å². The molecule has 0 aliphatic heterocycles. The van der Waals surface area contributed by atoms with Crippen LogP contribution in [0.4, 0.5) is 17.1 Å². The van der Waals surface area contributed by atoms with Crippen molar-refractivity contribution in [3.63, 3.8) is 0 Å². The Labute approximate surface area is 123 Å². The minimum atomic E-state index is -0.727. The third-order valence-corrected chi connectivity index (χ3v) is 3.19. The molecule has 11 nitrogen and oxygen atoms in total. The molecule has 0 amide bonds. The molecule has 0 radical (unpaired) electrons. The fraction of sp³-hybridized carbons (Fsp3) is 0.364. The molecule has 1 aromatic carbocycles. The molecule has 1 saturated carbocycles. The van der Waals surface area contributed by atoms with Crippen LogP contribution in [-0.2, 0) is 0 Å². The molecule has 1 aromatic rings. The Morgan fingerprint density at radius 2 is 2.09 bits per heavy atom. The highest BCUT2D eigenvalue weighted by Crippen LogP contribution is 2.29. The lowest BCUT2D eigenvalue weighted by molar-refractivity contribution is -0.393. The van der Waals surface area contributed by atoms with Gasteiger partial charge in [-0.15, -0.1) is 0 Å². The number of nitrogens with zero attached hydrogens (tertiary/aromatic N) is 6. The Morgan fingerprint density at radius 1 is 1.32 bits per heavy atom. The van der Waals surface area contributed by atoms with Crippen LogP contribution in [0.25, 0.3) is 10.4 Å². The minimum Gasteiger partial charge on any atom is -0.272 e. The molecule has 1 aliphatic carbocycles. The molecule has 0 spiro atoms. The Kier molecular flexibility index (Phi) is 4.49. The molecule has 0 saturated heterocycles. The van der Waals surface area contributed by atoms with Crippen molar-refractivity contribution in [1.29, 1.82) is 0 Å². The SMILES string of the molecule is [N-]=[N+]=N[C@H]1CCC/C1=N\Nc1ccc([N+](=O)[O-])cc1[N+](=O)[O-]. The number of nitro groups is 2. The van der Waals surface area contributed by atoms with Gasteiger partial charge in [0.15, 0.2) is 0 Å². The van der Waals surface area contributed by atoms with E-state index >= 15 is 0 Å². The first-order valence-corrected chi connectivity index (χ1v) is 6.32. The Hall–Kier alpha value is -3.20. The standard InChI is InChI=1S/C11H11N7O4/c12-16-15-9-3-1-2-8(9)13-14-10-5-4-7(17(19)20)6-11(10)18(21)22/h4-6,9,14H,1-3H2/b13-8+/t9-/m0/s1. The number of anilines is 1. The van der Waals surface area contributed by atoms with Gasteiger partial charge in [0.2, 0.25) is 0 Å². The summed E-state index contributed by atoms with van der Waals surface area (Å²) in [6.45, 7) is 0. The number of nitro benzene ring substituents is 2. The number of benzene rings is 1. The molecule has 1 aliphatic rings. The maximum absolute atomic E-state index is 11.0. The second-order valence-electron chi connectivity index (χ2n) is 4.54. The van der Waals surface area contributed by atoms with Crippen LogP contribution in [0, 0.1) is 20.2 Å². The summed E-state index contributed by atoms with van der Waals surface area (Å²) in [5.41, 5.74) is 10.8. The molecule has 1 N–H and O–H groups in total. The van der Waals surface area contributed by atoms with Gasteiger partial charge in [0.05, 0.1) is 22.0 Å². The first kappa shape index (κ1) is 15.2. The van der Waals surface area contributed by atoms with Crippen LogP contribution in [0.3, 0.4) is 0 Å². The van der Waals surface area contributed by atoms with Gasteiger partial charge in [-0.05, 0) is 30.9 Å². The quantitative estimate of drug-likeness (QED) is 0.290. The van der Waals surface area contributed by atoms with E-state index in [1.807, 2.05) is 0 Å². The maximum atomic E-state index is 11.0. The van der Waals surface area contributed by atoms with Gasteiger partial charge >= 0.3 is 5.69 Å². The van der Waals surface area contributed by atoms with Gasteiger partial charge < -0.3 is 0 Å². The Balaban J connectivity index is 2.27. The average Bonchev–Trinajstić information content (AvgIpc) is 2.92. The zero-order valence-corrected chi connectivity index (χ0v) is 11.2. The second kappa shape index (κ2) is 6.50. The molecule has 0 heterocycles. The lowest BCUT2D eigenvalue weighted by Gasteiger charge is -2.06. The van der Waals surface area contributed by atoms with E-state index in [4.69, 9.17) is 5.53 Å². The van der Waals surface area contributed by atoms with Crippen LogP contribution in [0.5, 0.6) is 0 Å². The molecule has 11 heteroatoms. The largest absolute Gasteiger partial charge is 0.301 e. The number of azide groups is 1. The van der Waals surface area contributed by atoms with Gasteiger partial charge in [0.1, 0.15) is 5.69 Å². The van der Waals surface area contributed by atoms with E-state index < -0.39 is 15.5 Å². The number of hydrogen-bond acceptors (Lipinski definition) is 7. The van der Waals surface area contributed by atoms with Gasteiger partial charge in [-0.25, -0.2) is 0 Å². The summed E-state index contributed by atoms with van der Waals surface area (Å²) in [7, 11) is 0. The van der Waals surface area contributed by atoms with Crippen molar-refractivity contribution in [2.45, 2.75) is 25.3 Å². The van der Waals surface area contributed by atoms with E-state index in [1.54, 1.807) is 0 Å². The molecule has 1 fully saturated rings. The summed E-state index contributed by atoms with van der Waals surface area (Å²) in [6.07, 6.45) is 2.11. The topological polar surface area (TPSA) is 159 Å².